The zero-order valence-corrected chi connectivity index (χ0v) is 23.7. The van der Waals surface area contributed by atoms with Gasteiger partial charge in [-0.05, 0) is 88.9 Å². The minimum absolute atomic E-state index is 0.00947. The van der Waals surface area contributed by atoms with Crippen LogP contribution in [0.4, 0.5) is 0 Å². The van der Waals surface area contributed by atoms with E-state index in [4.69, 9.17) is 12.6 Å². The number of hydrogen-bond acceptors (Lipinski definition) is 1. The standard InChI is InChI=1S/C44H26O/c1-3-12-30-27(10-1)20-23-33-32(30)18-9-19-35(33)43-38-16-7-5-14-36(38)42(37-15-6-8-17-39(37)43)29-22-24-34-40-25-21-28-11-2-4-13-31(28)44(40)45-41(34)26-29/h1-26H/i2D,4D,11D,13D,21D,22D,24D,25D,26D. The highest BCUT2D eigenvalue weighted by Crippen LogP contribution is 2.46. The van der Waals surface area contributed by atoms with Crippen molar-refractivity contribution < 1.29 is 16.8 Å². The lowest BCUT2D eigenvalue weighted by Gasteiger charge is -2.19. The largest absolute Gasteiger partial charge is 0.455 e. The third-order valence-corrected chi connectivity index (χ3v) is 8.92. The van der Waals surface area contributed by atoms with Crippen LogP contribution in [0.3, 0.4) is 0 Å². The molecule has 0 aliphatic heterocycles. The number of fused-ring (bicyclic) bond motifs is 10. The second-order valence-corrected chi connectivity index (χ2v) is 11.3. The van der Waals surface area contributed by atoms with Gasteiger partial charge in [0, 0.05) is 16.2 Å². The van der Waals surface area contributed by atoms with E-state index < -0.39 is 36.3 Å². The van der Waals surface area contributed by atoms with Gasteiger partial charge in [-0.1, -0.05) is 139 Å². The van der Waals surface area contributed by atoms with Crippen molar-refractivity contribution in [1.29, 1.82) is 0 Å². The van der Waals surface area contributed by atoms with Gasteiger partial charge in [-0.15, -0.1) is 0 Å². The summed E-state index contributed by atoms with van der Waals surface area (Å²) in [6, 6.07) is 31.1. The fraction of sp³-hybridized carbons (Fsp3) is 0. The van der Waals surface area contributed by atoms with Crippen LogP contribution < -0.4 is 0 Å². The van der Waals surface area contributed by atoms with E-state index in [-0.39, 0.29) is 56.4 Å². The molecule has 0 aliphatic rings. The molecule has 10 aromatic rings. The summed E-state index contributed by atoms with van der Waals surface area (Å²) in [5.41, 5.74) is 2.59. The second kappa shape index (κ2) is 9.29. The maximum Gasteiger partial charge on any atom is 0.143 e. The molecular weight excluding hydrogens is 544 g/mol. The van der Waals surface area contributed by atoms with Gasteiger partial charge in [0.1, 0.15) is 11.2 Å². The molecule has 0 saturated heterocycles. The quantitative estimate of drug-likeness (QED) is 0.147. The van der Waals surface area contributed by atoms with Crippen LogP contribution in [0.2, 0.25) is 0 Å². The maximum absolute atomic E-state index is 9.65. The fourth-order valence-corrected chi connectivity index (χ4v) is 6.98. The van der Waals surface area contributed by atoms with Gasteiger partial charge in [0.05, 0.1) is 12.3 Å². The topological polar surface area (TPSA) is 13.1 Å². The average molecular weight is 580 g/mol. The minimum atomic E-state index is -0.534. The van der Waals surface area contributed by atoms with Crippen molar-refractivity contribution >= 4 is 75.8 Å². The van der Waals surface area contributed by atoms with Gasteiger partial charge in [0.2, 0.25) is 0 Å². The Labute approximate surface area is 272 Å². The molecule has 0 amide bonds. The van der Waals surface area contributed by atoms with E-state index in [0.29, 0.717) is 5.56 Å². The summed E-state index contributed by atoms with van der Waals surface area (Å²) in [5, 5.41) is 7.56. The smallest absolute Gasteiger partial charge is 0.143 e. The molecule has 1 nitrogen and oxygen atoms in total. The molecule has 9 aromatic carbocycles. The van der Waals surface area contributed by atoms with Crippen molar-refractivity contribution in [2.24, 2.45) is 0 Å². The summed E-state index contributed by atoms with van der Waals surface area (Å²) in [6.07, 6.45) is 0. The highest BCUT2D eigenvalue weighted by atomic mass is 16.3. The molecule has 0 N–H and O–H groups in total. The van der Waals surface area contributed by atoms with E-state index in [9.17, 15) is 4.11 Å². The monoisotopic (exact) mass is 579 g/mol. The zero-order chi connectivity index (χ0) is 37.3. The summed E-state index contributed by atoms with van der Waals surface area (Å²) >= 11 is 0. The van der Waals surface area contributed by atoms with Crippen LogP contribution >= 0.6 is 0 Å². The van der Waals surface area contributed by atoms with E-state index in [1.807, 2.05) is 60.7 Å². The normalized spacial score (nSPS) is 14.8. The first-order valence-electron chi connectivity index (χ1n) is 19.3. The molecule has 10 rings (SSSR count). The second-order valence-electron chi connectivity index (χ2n) is 11.3. The Morgan fingerprint density at radius 1 is 0.400 bits per heavy atom. The third-order valence-electron chi connectivity index (χ3n) is 8.92. The summed E-state index contributed by atoms with van der Waals surface area (Å²) < 4.78 is 86.2. The van der Waals surface area contributed by atoms with Crippen LogP contribution in [0.5, 0.6) is 0 Å². The van der Waals surface area contributed by atoms with Gasteiger partial charge in [-0.25, -0.2) is 0 Å². The molecule has 0 saturated carbocycles. The van der Waals surface area contributed by atoms with E-state index >= 15 is 0 Å². The molecule has 0 atom stereocenters. The number of hydrogen-bond donors (Lipinski definition) is 0. The molecular formula is C44H26O. The van der Waals surface area contributed by atoms with Gasteiger partial charge >= 0.3 is 0 Å². The molecule has 0 radical (unpaired) electrons. The Morgan fingerprint density at radius 3 is 1.87 bits per heavy atom. The molecule has 0 aliphatic carbocycles. The van der Waals surface area contributed by atoms with E-state index in [1.165, 1.54) is 0 Å². The first-order valence-corrected chi connectivity index (χ1v) is 14.8. The van der Waals surface area contributed by atoms with Gasteiger partial charge in [-0.3, -0.25) is 0 Å². The lowest BCUT2D eigenvalue weighted by molar-refractivity contribution is 0.673. The van der Waals surface area contributed by atoms with Crippen molar-refractivity contribution in [2.75, 3.05) is 0 Å². The summed E-state index contributed by atoms with van der Waals surface area (Å²) in [4.78, 5) is 0. The first kappa shape index (κ1) is 17.4. The molecule has 0 bridgehead atoms. The van der Waals surface area contributed by atoms with Crippen LogP contribution in [-0.4, -0.2) is 0 Å². The van der Waals surface area contributed by atoms with E-state index in [0.717, 1.165) is 54.2 Å². The number of benzene rings is 9. The first-order chi connectivity index (χ1) is 26.1. The number of rotatable bonds is 2. The summed E-state index contributed by atoms with van der Waals surface area (Å²) in [7, 11) is 0. The van der Waals surface area contributed by atoms with Crippen LogP contribution in [0, 0.1) is 0 Å². The molecule has 0 fully saturated rings. The Balaban J connectivity index is 1.35. The molecule has 1 heterocycles. The van der Waals surface area contributed by atoms with Gasteiger partial charge in [0.25, 0.3) is 0 Å². The SMILES string of the molecule is [2H]c1c([2H])c([2H])c2c(c1[2H])c([2H])c([2H])c1c2oc2c([2H])c(-c3c4ccccc4c(-c4cccc5c4ccc4ccccc45)c4ccccc34)c([2H])c([2H])c21. The van der Waals surface area contributed by atoms with Gasteiger partial charge < -0.3 is 4.42 Å². The van der Waals surface area contributed by atoms with Crippen molar-refractivity contribution in [3.8, 4) is 22.3 Å². The molecule has 45 heavy (non-hydrogen) atoms. The highest BCUT2D eigenvalue weighted by Gasteiger charge is 2.19. The van der Waals surface area contributed by atoms with E-state index in [1.54, 1.807) is 0 Å². The third kappa shape index (κ3) is 3.50. The number of furan rings is 1. The Morgan fingerprint density at radius 2 is 1.07 bits per heavy atom. The lowest BCUT2D eigenvalue weighted by atomic mass is 9.84. The summed E-state index contributed by atoms with van der Waals surface area (Å²) in [5.74, 6) is 0. The molecule has 1 aromatic heterocycles. The minimum Gasteiger partial charge on any atom is -0.455 e. The fourth-order valence-electron chi connectivity index (χ4n) is 6.98. The molecule has 0 spiro atoms. The highest BCUT2D eigenvalue weighted by molar-refractivity contribution is 6.25. The Bertz CT molecular complexity index is 3270. The van der Waals surface area contributed by atoms with Crippen LogP contribution in [0.25, 0.3) is 98.1 Å². The molecule has 208 valence electrons. The Hall–Kier alpha value is -5.92. The predicted octanol–water partition coefficient (Wildman–Crippen LogP) is 12.7. The van der Waals surface area contributed by atoms with Crippen molar-refractivity contribution in [1.82, 2.24) is 0 Å². The average Bonchev–Trinajstić information content (AvgIpc) is 3.60. The van der Waals surface area contributed by atoms with Crippen LogP contribution in [0.1, 0.15) is 12.3 Å². The van der Waals surface area contributed by atoms with Crippen molar-refractivity contribution in [3.63, 3.8) is 0 Å². The molecule has 1 heteroatoms. The summed E-state index contributed by atoms with van der Waals surface area (Å²) in [6.45, 7) is 0. The van der Waals surface area contributed by atoms with Crippen LogP contribution in [-0.2, 0) is 0 Å². The van der Waals surface area contributed by atoms with E-state index in [2.05, 4.69) is 42.5 Å². The zero-order valence-electron chi connectivity index (χ0n) is 32.7. The van der Waals surface area contributed by atoms with Crippen molar-refractivity contribution in [2.45, 2.75) is 0 Å². The molecule has 0 unspecified atom stereocenters. The predicted molar refractivity (Wildman–Crippen MR) is 192 cm³/mol. The van der Waals surface area contributed by atoms with Gasteiger partial charge in [0.15, 0.2) is 0 Å². The van der Waals surface area contributed by atoms with Crippen molar-refractivity contribution in [3.05, 3.63) is 158 Å². The maximum atomic E-state index is 9.65. The van der Waals surface area contributed by atoms with Gasteiger partial charge in [-0.2, -0.15) is 0 Å². The lowest BCUT2D eigenvalue weighted by Crippen LogP contribution is -1.91. The van der Waals surface area contributed by atoms with Crippen LogP contribution in [0.15, 0.2) is 162 Å². The Kier molecular flexibility index (Phi) is 3.59.